The fourth-order valence-electron chi connectivity index (χ4n) is 20.6. The van der Waals surface area contributed by atoms with Crippen molar-refractivity contribution < 1.29 is 0 Å². The summed E-state index contributed by atoms with van der Waals surface area (Å²) in [5.74, 6) is 0. The third-order valence-corrected chi connectivity index (χ3v) is 49.7. The van der Waals surface area contributed by atoms with E-state index < -0.39 is 12.8 Å². The van der Waals surface area contributed by atoms with E-state index >= 15 is 0 Å². The van der Waals surface area contributed by atoms with E-state index in [-0.39, 0.29) is 48.9 Å². The number of fused-ring (bicyclic) bond motifs is 19. The maximum atomic E-state index is 5.90. The molecule has 0 unspecified atom stereocenters. The van der Waals surface area contributed by atoms with Gasteiger partial charge < -0.3 is 4.57 Å². The molecule has 0 aliphatic carbocycles. The molecule has 26 rings (SSSR count). The Morgan fingerprint density at radius 1 is 0.340 bits per heavy atom. The number of rotatable bonds is 7. The van der Waals surface area contributed by atoms with Gasteiger partial charge in [-0.15, -0.1) is 0 Å². The number of hydrogen-bond acceptors (Lipinski definition) is 2. The van der Waals surface area contributed by atoms with Gasteiger partial charge in [0.2, 0.25) is 6.71 Å². The standard InChI is InChI=1S/C25H18BN.2C24H19B7N2P2/c1-17-13-15-18(16-14-17)26-21-9-3-5-12-24(21)27-23-11-4-2-7-19(23)20-8-6-10-22(26)25(20)27;1-4-13-21-16(8-1)17-9-7-12-20-24(17)33(21)22-14-5-2-10-18(22)28(20)19-11-3-6-15-23(19)35(26-29(35)27-35)32-34-30-25-31(30)34;1-3-13-22-18(9-1)19-10-6-12-21-24(19)33(22)23-14-4-2-11-20(23)28(21)16-7-5-8-17(15-16)35(26-29(35)27-35)32-34-30-25-31(30)34/h2-16H,1H3;2*1-15H,25-26H2/q;2*-1. The van der Waals surface area contributed by atoms with E-state index in [0.717, 1.165) is 37.3 Å². The molecule has 11 aliphatic rings. The summed E-state index contributed by atoms with van der Waals surface area (Å²) in [6, 6.07) is 103. The molecule has 8 saturated heterocycles. The second-order valence-electron chi connectivity index (χ2n) is 32.0. The van der Waals surface area contributed by atoms with Crippen LogP contribution >= 0.6 is 27.7 Å². The third-order valence-electron chi connectivity index (χ3n) is 27.0. The quantitative estimate of drug-likeness (QED) is 0.128. The molecular formula is C73H56B15N5P4-2. The van der Waals surface area contributed by atoms with Crippen LogP contribution in [-0.2, 0) is 0 Å². The van der Waals surface area contributed by atoms with Crippen molar-refractivity contribution in [2.24, 2.45) is 9.03 Å². The Morgan fingerprint density at radius 2 is 0.701 bits per heavy atom. The number of aromatic nitrogens is 3. The van der Waals surface area contributed by atoms with Crippen LogP contribution in [-0.4, -0.2) is 113 Å². The number of benzene rings is 12. The van der Waals surface area contributed by atoms with E-state index in [1.54, 1.807) is 16.1 Å². The average molecular weight is 1290 g/mol. The third kappa shape index (κ3) is 7.30. The Labute approximate surface area is 573 Å². The first-order valence-electron chi connectivity index (χ1n) is 36.5. The van der Waals surface area contributed by atoms with Crippen molar-refractivity contribution in [3.05, 3.63) is 279 Å². The van der Waals surface area contributed by atoms with Gasteiger partial charge in [-0.2, -0.15) is 0 Å². The zero-order valence-electron chi connectivity index (χ0n) is 54.9. The summed E-state index contributed by atoms with van der Waals surface area (Å²) in [6.07, 6.45) is 2.72. The van der Waals surface area contributed by atoms with Gasteiger partial charge in [0, 0.05) is 22.0 Å². The first-order valence-corrected chi connectivity index (χ1v) is 44.9. The second-order valence-corrected chi connectivity index (χ2v) is 49.2. The van der Waals surface area contributed by atoms with Gasteiger partial charge in [0.05, 0.1) is 5.52 Å². The van der Waals surface area contributed by atoms with Crippen molar-refractivity contribution in [2.75, 3.05) is 0 Å². The van der Waals surface area contributed by atoms with Crippen molar-refractivity contribution in [2.45, 2.75) is 6.92 Å². The molecule has 440 valence electrons. The first kappa shape index (κ1) is 55.0. The van der Waals surface area contributed by atoms with Crippen molar-refractivity contribution in [3.63, 3.8) is 0 Å². The minimum absolute atomic E-state index is 0.0859. The molecule has 5 nitrogen and oxygen atoms in total. The fourth-order valence-corrected chi connectivity index (χ4v) is 46.0. The van der Waals surface area contributed by atoms with E-state index in [9.17, 15) is 0 Å². The molecule has 0 N–H and O–H groups in total. The van der Waals surface area contributed by atoms with E-state index in [1.165, 1.54) is 132 Å². The van der Waals surface area contributed by atoms with Gasteiger partial charge in [-0.1, -0.05) is 89.9 Å². The van der Waals surface area contributed by atoms with Crippen molar-refractivity contribution in [3.8, 4) is 17.1 Å². The van der Waals surface area contributed by atoms with Gasteiger partial charge in [-0.25, -0.2) is 0 Å². The van der Waals surface area contributed by atoms with Crippen LogP contribution in [0.15, 0.2) is 282 Å². The molecule has 0 bridgehead atoms. The van der Waals surface area contributed by atoms with Crippen molar-refractivity contribution in [1.82, 2.24) is 13.7 Å². The molecule has 3 aromatic heterocycles. The van der Waals surface area contributed by atoms with E-state index in [4.69, 9.17) is 9.03 Å². The van der Waals surface area contributed by atoms with Gasteiger partial charge in [-0.3, -0.25) is 0 Å². The summed E-state index contributed by atoms with van der Waals surface area (Å²) >= 11 is 0. The summed E-state index contributed by atoms with van der Waals surface area (Å²) in [4.78, 5) is 0. The van der Waals surface area contributed by atoms with E-state index in [0.29, 0.717) is 14.1 Å². The van der Waals surface area contributed by atoms with Crippen LogP contribution in [0.2, 0.25) is 0 Å². The SMILES string of the molecule is Cc1ccc(B2c3ccccc3-n3c4ccccc4c4cccc2c43)cc1.[B]1B2[BH2-]P12(N=[P+]1B2[BH2-]B21)c1cccc(B2c3ccccc3-n3c4ccccc4c4cccc2c43)c1.[B]1B2[BH2-]P12(N=[P+]1B2[BH2-]B21)c1ccccc1B1c2ccccc2-n2c3ccccc3c3cccc1c32. The summed E-state index contributed by atoms with van der Waals surface area (Å²) < 4.78 is 19.2. The zero-order valence-corrected chi connectivity index (χ0v) is 58.4. The van der Waals surface area contributed by atoms with Crippen LogP contribution in [0.4, 0.5) is 0 Å². The average Bonchev–Trinajstić information content (AvgIpc) is 1.44. The van der Waals surface area contributed by atoms with Gasteiger partial charge in [0.25, 0.3) is 0 Å². The molecule has 11 aliphatic heterocycles. The Hall–Kier alpha value is -7.93. The predicted octanol–water partition coefficient (Wildman–Crippen LogP) is 6.60. The molecule has 14 heterocycles. The summed E-state index contributed by atoms with van der Waals surface area (Å²) in [6.45, 7) is 8.72. The van der Waals surface area contributed by atoms with Crippen LogP contribution in [0.1, 0.15) is 5.56 Å². The molecule has 97 heavy (non-hydrogen) atoms. The Balaban J connectivity index is 0.0000000901. The normalized spacial score (nSPS) is 19.0. The Kier molecular flexibility index (Phi) is 10.7. The molecule has 15 aromatic rings. The number of para-hydroxylation sites is 9. The molecular weight excluding hydrogens is 1230 g/mol. The van der Waals surface area contributed by atoms with Crippen molar-refractivity contribution >= 4 is 252 Å². The van der Waals surface area contributed by atoms with Crippen LogP contribution < -0.4 is 59.8 Å². The first-order chi connectivity index (χ1) is 47.9. The van der Waals surface area contributed by atoms with Gasteiger partial charge in [0.1, 0.15) is 0 Å². The molecule has 24 heteroatoms. The Bertz CT molecular complexity index is 6230. The van der Waals surface area contributed by atoms with Gasteiger partial charge in [0.15, 0.2) is 0 Å². The van der Waals surface area contributed by atoms with E-state index in [1.807, 2.05) is 0 Å². The zero-order chi connectivity index (χ0) is 63.0. The summed E-state index contributed by atoms with van der Waals surface area (Å²) in [7, 11) is 1.12. The maximum absolute atomic E-state index is 5.90. The van der Waals surface area contributed by atoms with Crippen LogP contribution in [0.25, 0.3) is 82.5 Å². The second kappa shape index (κ2) is 18.9. The predicted molar refractivity (Wildman–Crippen MR) is 452 cm³/mol. The van der Waals surface area contributed by atoms with Crippen LogP contribution in [0.5, 0.6) is 0 Å². The Morgan fingerprint density at radius 3 is 1.15 bits per heavy atom. The van der Waals surface area contributed by atoms with Crippen LogP contribution in [0, 0.1) is 6.92 Å². The minimum atomic E-state index is -1.96. The molecule has 8 fully saturated rings. The molecule has 0 atom stereocenters. The monoisotopic (exact) mass is 1290 g/mol. The molecule has 0 amide bonds. The fraction of sp³-hybridized carbons (Fsp3) is 0.0137. The van der Waals surface area contributed by atoms with Gasteiger partial charge >= 0.3 is 419 Å². The van der Waals surface area contributed by atoms with Crippen molar-refractivity contribution in [1.29, 1.82) is 0 Å². The van der Waals surface area contributed by atoms with Gasteiger partial charge in [-0.05, 0) is 30.0 Å². The molecule has 2 radical (unpaired) electrons. The molecule has 12 aromatic carbocycles. The van der Waals surface area contributed by atoms with E-state index in [2.05, 4.69) is 307 Å². The number of nitrogens with zero attached hydrogens (tertiary/aromatic N) is 5. The molecule has 0 saturated carbocycles. The van der Waals surface area contributed by atoms with Crippen LogP contribution in [0.3, 0.4) is 0 Å². The summed E-state index contributed by atoms with van der Waals surface area (Å²) in [5, 5.41) is 11.5. The summed E-state index contributed by atoms with van der Waals surface area (Å²) in [5.41, 5.74) is 26.3. The molecule has 0 spiro atoms. The number of aryl methyl sites for hydroxylation is 1. The number of hydrogen-bond donors (Lipinski definition) is 0. The topological polar surface area (TPSA) is 39.5 Å².